The summed E-state index contributed by atoms with van der Waals surface area (Å²) in [6.45, 7) is -0.479. The summed E-state index contributed by atoms with van der Waals surface area (Å²) in [5.41, 5.74) is 2.60. The van der Waals surface area contributed by atoms with Gasteiger partial charge in [0.2, 0.25) is 0 Å². The van der Waals surface area contributed by atoms with Crippen LogP contribution in [0.15, 0.2) is 76.0 Å². The third kappa shape index (κ3) is 5.57. The monoisotopic (exact) mass is 467 g/mol. The molecule has 0 saturated carbocycles. The number of carbonyl (C=O) groups excluding carboxylic acids is 1. The zero-order valence-corrected chi connectivity index (χ0v) is 18.0. The molecule has 0 bridgehead atoms. The lowest BCUT2D eigenvalue weighted by Crippen LogP contribution is -2.39. The van der Waals surface area contributed by atoms with Crippen LogP contribution in [0.3, 0.4) is 0 Å². The van der Waals surface area contributed by atoms with Crippen LogP contribution in [0, 0.1) is 0 Å². The van der Waals surface area contributed by atoms with E-state index in [1.807, 2.05) is 17.5 Å². The van der Waals surface area contributed by atoms with Crippen molar-refractivity contribution >= 4 is 62.4 Å². The first-order valence-corrected chi connectivity index (χ1v) is 11.3. The van der Waals surface area contributed by atoms with Crippen LogP contribution in [0.25, 0.3) is 0 Å². The lowest BCUT2D eigenvalue weighted by atomic mass is 10.3. The molecule has 1 amide bonds. The number of sulfonamides is 1. The van der Waals surface area contributed by atoms with Crippen molar-refractivity contribution in [1.29, 1.82) is 0 Å². The minimum absolute atomic E-state index is 0.00300. The van der Waals surface area contributed by atoms with Gasteiger partial charge in [0.25, 0.3) is 15.9 Å². The lowest BCUT2D eigenvalue weighted by Gasteiger charge is -2.23. The number of hydrogen-bond acceptors (Lipinski definition) is 5. The van der Waals surface area contributed by atoms with Crippen molar-refractivity contribution in [1.82, 2.24) is 5.43 Å². The summed E-state index contributed by atoms with van der Waals surface area (Å²) in [5, 5.41) is 6.49. The quantitative estimate of drug-likeness (QED) is 0.413. The van der Waals surface area contributed by atoms with Gasteiger partial charge in [-0.3, -0.25) is 9.10 Å². The Morgan fingerprint density at radius 3 is 2.48 bits per heavy atom. The third-order valence-corrected chi connectivity index (χ3v) is 6.79. The number of halogens is 2. The molecular formula is C19H15Cl2N3O3S2. The Kier molecular flexibility index (Phi) is 6.92. The average Bonchev–Trinajstić information content (AvgIpc) is 3.20. The summed E-state index contributed by atoms with van der Waals surface area (Å²) in [6, 6.07) is 15.6. The van der Waals surface area contributed by atoms with E-state index in [0.717, 1.165) is 9.18 Å². The summed E-state index contributed by atoms with van der Waals surface area (Å²) in [7, 11) is -4.05. The molecule has 6 nitrogen and oxygen atoms in total. The number of nitrogens with zero attached hydrogens (tertiary/aromatic N) is 2. The average molecular weight is 468 g/mol. The van der Waals surface area contributed by atoms with Crippen LogP contribution < -0.4 is 9.73 Å². The van der Waals surface area contributed by atoms with Crippen LogP contribution in [0.5, 0.6) is 0 Å². The molecule has 0 saturated heterocycles. The number of benzene rings is 2. The van der Waals surface area contributed by atoms with Crippen LogP contribution in [-0.2, 0) is 14.8 Å². The fourth-order valence-corrected chi connectivity index (χ4v) is 4.69. The van der Waals surface area contributed by atoms with Gasteiger partial charge in [-0.05, 0) is 53.9 Å². The summed E-state index contributed by atoms with van der Waals surface area (Å²) < 4.78 is 27.3. The molecule has 29 heavy (non-hydrogen) atoms. The molecule has 10 heteroatoms. The maximum atomic E-state index is 13.2. The Hall–Kier alpha value is -2.39. The van der Waals surface area contributed by atoms with Gasteiger partial charge in [0, 0.05) is 14.9 Å². The van der Waals surface area contributed by atoms with Gasteiger partial charge >= 0.3 is 0 Å². The molecule has 0 spiro atoms. The van der Waals surface area contributed by atoms with Crippen LogP contribution in [0.2, 0.25) is 10.0 Å². The third-order valence-electron chi connectivity index (χ3n) is 3.71. The van der Waals surface area contributed by atoms with E-state index in [2.05, 4.69) is 10.5 Å². The topological polar surface area (TPSA) is 78.8 Å². The zero-order valence-electron chi connectivity index (χ0n) is 14.8. The van der Waals surface area contributed by atoms with E-state index < -0.39 is 22.5 Å². The molecule has 0 unspecified atom stereocenters. The second-order valence-corrected chi connectivity index (χ2v) is 9.47. The Balaban J connectivity index is 1.87. The maximum Gasteiger partial charge on any atom is 0.264 e. The molecule has 1 aromatic heterocycles. The standard InChI is InChI=1S/C19H15Cl2N3O3S2/c20-14-6-8-18(9-7-14)29(26,27)24(16-4-1-3-15(21)11-16)13-19(25)23-22-12-17-5-2-10-28-17/h1-12H,13H2,(H,23,25)/b22-12-. The fraction of sp³-hybridized carbons (Fsp3) is 0.0526. The van der Waals surface area contributed by atoms with E-state index in [1.165, 1.54) is 47.9 Å². The molecular weight excluding hydrogens is 453 g/mol. The Morgan fingerprint density at radius 2 is 1.83 bits per heavy atom. The number of rotatable bonds is 7. The predicted octanol–water partition coefficient (Wildman–Crippen LogP) is 4.40. The van der Waals surface area contributed by atoms with Crippen molar-refractivity contribution in [2.75, 3.05) is 10.8 Å². The molecule has 3 rings (SSSR count). The van der Waals surface area contributed by atoms with Crippen LogP contribution in [0.4, 0.5) is 5.69 Å². The fourth-order valence-electron chi connectivity index (χ4n) is 2.38. The molecule has 0 aliphatic rings. The molecule has 0 aliphatic heterocycles. The normalized spacial score (nSPS) is 11.5. The molecule has 2 aromatic carbocycles. The van der Waals surface area contributed by atoms with Crippen LogP contribution in [-0.4, -0.2) is 27.1 Å². The van der Waals surface area contributed by atoms with Gasteiger partial charge in [-0.2, -0.15) is 5.10 Å². The van der Waals surface area contributed by atoms with Crippen molar-refractivity contribution in [3.05, 3.63) is 81.0 Å². The van der Waals surface area contributed by atoms with E-state index in [4.69, 9.17) is 23.2 Å². The van der Waals surface area contributed by atoms with E-state index in [0.29, 0.717) is 10.0 Å². The van der Waals surface area contributed by atoms with E-state index >= 15 is 0 Å². The van der Waals surface area contributed by atoms with Gasteiger partial charge in [-0.1, -0.05) is 35.3 Å². The van der Waals surface area contributed by atoms with Gasteiger partial charge in [-0.25, -0.2) is 13.8 Å². The number of carbonyl (C=O) groups is 1. The molecule has 1 heterocycles. The minimum Gasteiger partial charge on any atom is -0.271 e. The van der Waals surface area contributed by atoms with Crippen molar-refractivity contribution in [3.63, 3.8) is 0 Å². The molecule has 0 fully saturated rings. The predicted molar refractivity (Wildman–Crippen MR) is 117 cm³/mol. The van der Waals surface area contributed by atoms with Gasteiger partial charge in [0.1, 0.15) is 6.54 Å². The van der Waals surface area contributed by atoms with E-state index in [1.54, 1.807) is 18.2 Å². The van der Waals surface area contributed by atoms with Gasteiger partial charge < -0.3 is 0 Å². The van der Waals surface area contributed by atoms with Gasteiger partial charge in [0.05, 0.1) is 16.8 Å². The number of hydrazone groups is 1. The number of amides is 1. The molecule has 1 N–H and O–H groups in total. The highest BCUT2D eigenvalue weighted by Crippen LogP contribution is 2.26. The Morgan fingerprint density at radius 1 is 1.07 bits per heavy atom. The zero-order chi connectivity index (χ0) is 20.9. The number of thiophene rings is 1. The van der Waals surface area contributed by atoms with Crippen molar-refractivity contribution < 1.29 is 13.2 Å². The van der Waals surface area contributed by atoms with E-state index in [9.17, 15) is 13.2 Å². The summed E-state index contributed by atoms with van der Waals surface area (Å²) in [4.78, 5) is 13.2. The SMILES string of the molecule is O=C(CN(c1cccc(Cl)c1)S(=O)(=O)c1ccc(Cl)cc1)N/N=C\c1cccs1. The van der Waals surface area contributed by atoms with E-state index in [-0.39, 0.29) is 10.6 Å². The van der Waals surface area contributed by atoms with Crippen molar-refractivity contribution in [2.45, 2.75) is 4.90 Å². The van der Waals surface area contributed by atoms with Crippen molar-refractivity contribution in [3.8, 4) is 0 Å². The van der Waals surface area contributed by atoms with Crippen LogP contribution in [0.1, 0.15) is 4.88 Å². The molecule has 0 aliphatic carbocycles. The first kappa shape index (κ1) is 21.3. The molecule has 150 valence electrons. The highest BCUT2D eigenvalue weighted by molar-refractivity contribution is 7.92. The molecule has 3 aromatic rings. The number of hydrogen-bond donors (Lipinski definition) is 1. The molecule has 0 radical (unpaired) electrons. The maximum absolute atomic E-state index is 13.2. The second kappa shape index (κ2) is 9.41. The smallest absolute Gasteiger partial charge is 0.264 e. The lowest BCUT2D eigenvalue weighted by molar-refractivity contribution is -0.119. The van der Waals surface area contributed by atoms with Gasteiger partial charge in [-0.15, -0.1) is 11.3 Å². The largest absolute Gasteiger partial charge is 0.271 e. The van der Waals surface area contributed by atoms with Crippen LogP contribution >= 0.6 is 34.5 Å². The summed E-state index contributed by atoms with van der Waals surface area (Å²) in [5.74, 6) is -0.602. The second-order valence-electron chi connectivity index (χ2n) is 5.75. The van der Waals surface area contributed by atoms with Crippen molar-refractivity contribution in [2.24, 2.45) is 5.10 Å². The highest BCUT2D eigenvalue weighted by atomic mass is 35.5. The first-order chi connectivity index (χ1) is 13.9. The minimum atomic E-state index is -4.05. The number of nitrogens with one attached hydrogen (secondary N) is 1. The highest BCUT2D eigenvalue weighted by Gasteiger charge is 2.27. The first-order valence-electron chi connectivity index (χ1n) is 8.25. The Bertz CT molecular complexity index is 1120. The summed E-state index contributed by atoms with van der Waals surface area (Å²) in [6.07, 6.45) is 1.49. The number of anilines is 1. The van der Waals surface area contributed by atoms with Gasteiger partial charge in [0.15, 0.2) is 0 Å². The Labute approximate surface area is 182 Å². The molecule has 0 atom stereocenters. The summed E-state index contributed by atoms with van der Waals surface area (Å²) >= 11 is 13.3.